The van der Waals surface area contributed by atoms with E-state index in [2.05, 4.69) is 0 Å². The van der Waals surface area contributed by atoms with Gasteiger partial charge in [0.05, 0.1) is 25.0 Å². The summed E-state index contributed by atoms with van der Waals surface area (Å²) in [4.78, 5) is 23.2. The number of ether oxygens (including phenoxy) is 3. The van der Waals surface area contributed by atoms with Crippen molar-refractivity contribution in [3.63, 3.8) is 0 Å². The molecular formula is C11H12O5. The summed E-state index contributed by atoms with van der Waals surface area (Å²) < 4.78 is 16.1. The van der Waals surface area contributed by atoms with Crippen LogP contribution in [0.2, 0.25) is 0 Å². The van der Waals surface area contributed by atoms with Crippen LogP contribution in [0.25, 0.3) is 0 Å². The van der Waals surface area contributed by atoms with Gasteiger partial charge in [0.1, 0.15) is 0 Å². The van der Waals surface area contributed by atoms with E-state index in [4.69, 9.17) is 14.2 Å². The highest BCUT2D eigenvalue weighted by molar-refractivity contribution is 5.97. The first-order valence-corrected chi connectivity index (χ1v) is 5.75. The van der Waals surface area contributed by atoms with Crippen molar-refractivity contribution in [2.75, 3.05) is 13.2 Å². The van der Waals surface area contributed by atoms with E-state index in [-0.39, 0.29) is 35.6 Å². The van der Waals surface area contributed by atoms with Crippen molar-refractivity contribution >= 4 is 11.9 Å². The predicted molar refractivity (Wildman–Crippen MR) is 48.9 cm³/mol. The van der Waals surface area contributed by atoms with Crippen molar-refractivity contribution in [2.45, 2.75) is 18.6 Å². The van der Waals surface area contributed by atoms with Crippen molar-refractivity contribution < 1.29 is 23.8 Å². The summed E-state index contributed by atoms with van der Waals surface area (Å²) in [5, 5.41) is 0. The van der Waals surface area contributed by atoms with E-state index in [9.17, 15) is 9.59 Å². The summed E-state index contributed by atoms with van der Waals surface area (Å²) in [6, 6.07) is 0. The van der Waals surface area contributed by atoms with Gasteiger partial charge in [-0.2, -0.15) is 0 Å². The van der Waals surface area contributed by atoms with Crippen LogP contribution >= 0.6 is 0 Å². The van der Waals surface area contributed by atoms with Gasteiger partial charge in [-0.1, -0.05) is 0 Å². The zero-order valence-corrected chi connectivity index (χ0v) is 8.68. The van der Waals surface area contributed by atoms with E-state index >= 15 is 0 Å². The first-order valence-electron chi connectivity index (χ1n) is 5.75. The molecule has 2 aliphatic heterocycles. The second-order valence-electron chi connectivity index (χ2n) is 5.11. The van der Waals surface area contributed by atoms with E-state index in [1.54, 1.807) is 0 Å². The lowest BCUT2D eigenvalue weighted by molar-refractivity contribution is -0.206. The second-order valence-corrected chi connectivity index (χ2v) is 5.11. The van der Waals surface area contributed by atoms with Gasteiger partial charge in [0.25, 0.3) is 0 Å². The van der Waals surface area contributed by atoms with Crippen LogP contribution in [0.15, 0.2) is 0 Å². The Hall–Kier alpha value is -0.940. The Morgan fingerprint density at radius 1 is 1.06 bits per heavy atom. The summed E-state index contributed by atoms with van der Waals surface area (Å²) >= 11 is 0. The SMILES string of the molecule is O=C1OC(=O)[C@@H]2[C@H]1[C@@H]1C[C@H]2C2(C1)OCCO2. The zero-order chi connectivity index (χ0) is 10.9. The predicted octanol–water partition coefficient (Wildman–Crippen LogP) is 0.0851. The maximum atomic E-state index is 11.6. The van der Waals surface area contributed by atoms with Crippen LogP contribution in [0.5, 0.6) is 0 Å². The molecule has 4 rings (SSSR count). The van der Waals surface area contributed by atoms with Gasteiger partial charge in [-0.05, 0) is 12.3 Å². The van der Waals surface area contributed by atoms with Crippen LogP contribution in [-0.2, 0) is 23.8 Å². The quantitative estimate of drug-likeness (QED) is 0.431. The Morgan fingerprint density at radius 2 is 1.75 bits per heavy atom. The summed E-state index contributed by atoms with van der Waals surface area (Å²) in [7, 11) is 0. The van der Waals surface area contributed by atoms with E-state index in [0.29, 0.717) is 13.2 Å². The molecule has 2 heterocycles. The molecular weight excluding hydrogens is 212 g/mol. The number of hydrogen-bond acceptors (Lipinski definition) is 5. The summed E-state index contributed by atoms with van der Waals surface area (Å²) in [6.45, 7) is 1.17. The molecule has 4 atom stereocenters. The van der Waals surface area contributed by atoms with Gasteiger partial charge >= 0.3 is 11.9 Å². The number of rotatable bonds is 0. The van der Waals surface area contributed by atoms with E-state index in [1.165, 1.54) is 0 Å². The third-order valence-corrected chi connectivity index (χ3v) is 4.52. The molecule has 0 unspecified atom stereocenters. The minimum atomic E-state index is -0.588. The highest BCUT2D eigenvalue weighted by Crippen LogP contribution is 2.62. The molecule has 0 aromatic rings. The average Bonchev–Trinajstić information content (AvgIpc) is 2.94. The van der Waals surface area contributed by atoms with Crippen LogP contribution in [-0.4, -0.2) is 30.9 Å². The van der Waals surface area contributed by atoms with E-state index < -0.39 is 5.79 Å². The molecule has 2 aliphatic carbocycles. The fourth-order valence-electron chi connectivity index (χ4n) is 4.03. The summed E-state index contributed by atoms with van der Waals surface area (Å²) in [6.07, 6.45) is 1.59. The normalized spacial score (nSPS) is 47.8. The number of fused-ring (bicyclic) bond motifs is 6. The van der Waals surface area contributed by atoms with Crippen molar-refractivity contribution in [3.8, 4) is 0 Å². The van der Waals surface area contributed by atoms with Crippen LogP contribution < -0.4 is 0 Å². The molecule has 2 bridgehead atoms. The van der Waals surface area contributed by atoms with Crippen LogP contribution in [0, 0.1) is 23.7 Å². The lowest BCUT2D eigenvalue weighted by atomic mass is 9.77. The highest BCUT2D eigenvalue weighted by Gasteiger charge is 2.70. The Labute approximate surface area is 92.0 Å². The second kappa shape index (κ2) is 2.65. The molecule has 0 N–H and O–H groups in total. The summed E-state index contributed by atoms with van der Waals surface area (Å²) in [5.74, 6) is -1.62. The fraction of sp³-hybridized carbons (Fsp3) is 0.818. The smallest absolute Gasteiger partial charge is 0.317 e. The Bertz CT molecular complexity index is 384. The fourth-order valence-corrected chi connectivity index (χ4v) is 4.03. The van der Waals surface area contributed by atoms with Crippen LogP contribution in [0.1, 0.15) is 12.8 Å². The van der Waals surface area contributed by atoms with Gasteiger partial charge < -0.3 is 14.2 Å². The van der Waals surface area contributed by atoms with Gasteiger partial charge in [0, 0.05) is 12.3 Å². The zero-order valence-electron chi connectivity index (χ0n) is 8.68. The molecule has 2 saturated heterocycles. The maximum absolute atomic E-state index is 11.6. The third kappa shape index (κ3) is 0.858. The topological polar surface area (TPSA) is 61.8 Å². The van der Waals surface area contributed by atoms with Gasteiger partial charge in [0.2, 0.25) is 0 Å². The maximum Gasteiger partial charge on any atom is 0.317 e. The van der Waals surface area contributed by atoms with Crippen LogP contribution in [0.4, 0.5) is 0 Å². The number of carbonyl (C=O) groups excluding carboxylic acids is 2. The monoisotopic (exact) mass is 224 g/mol. The molecule has 4 aliphatic rings. The number of esters is 2. The summed E-state index contributed by atoms with van der Waals surface area (Å²) in [5.41, 5.74) is 0. The molecule has 0 radical (unpaired) electrons. The number of cyclic esters (lactones) is 2. The van der Waals surface area contributed by atoms with Crippen molar-refractivity contribution in [2.24, 2.45) is 23.7 Å². The van der Waals surface area contributed by atoms with Gasteiger partial charge in [-0.15, -0.1) is 0 Å². The largest absolute Gasteiger partial charge is 0.393 e. The van der Waals surface area contributed by atoms with Gasteiger partial charge in [0.15, 0.2) is 5.79 Å². The van der Waals surface area contributed by atoms with Crippen LogP contribution in [0.3, 0.4) is 0 Å². The molecule has 5 nitrogen and oxygen atoms in total. The first-order chi connectivity index (χ1) is 7.71. The van der Waals surface area contributed by atoms with Gasteiger partial charge in [-0.3, -0.25) is 9.59 Å². The minimum absolute atomic E-state index is 0.0175. The standard InChI is InChI=1S/C11H12O5/c12-9-7-5-3-6(8(7)10(13)16-9)11(4-5)14-1-2-15-11/h5-8H,1-4H2/t5-,6-,7-,8+/m1/s1. The Balaban J connectivity index is 1.74. The molecule has 1 spiro atoms. The number of hydrogen-bond donors (Lipinski definition) is 0. The third-order valence-electron chi connectivity index (χ3n) is 4.52. The lowest BCUT2D eigenvalue weighted by Gasteiger charge is -2.35. The number of carbonyl (C=O) groups is 2. The molecule has 0 aromatic heterocycles. The van der Waals surface area contributed by atoms with E-state index in [0.717, 1.165) is 12.8 Å². The Kier molecular flexibility index (Phi) is 1.51. The minimum Gasteiger partial charge on any atom is -0.393 e. The van der Waals surface area contributed by atoms with Crippen molar-refractivity contribution in [3.05, 3.63) is 0 Å². The highest BCUT2D eigenvalue weighted by atomic mass is 16.7. The molecule has 2 saturated carbocycles. The van der Waals surface area contributed by atoms with E-state index in [1.807, 2.05) is 0 Å². The average molecular weight is 224 g/mol. The molecule has 5 heteroatoms. The lowest BCUT2D eigenvalue weighted by Crippen LogP contribution is -2.44. The van der Waals surface area contributed by atoms with Crippen molar-refractivity contribution in [1.29, 1.82) is 0 Å². The molecule has 86 valence electrons. The molecule has 16 heavy (non-hydrogen) atoms. The van der Waals surface area contributed by atoms with Crippen molar-refractivity contribution in [1.82, 2.24) is 0 Å². The first kappa shape index (κ1) is 9.13. The molecule has 0 amide bonds. The Morgan fingerprint density at radius 3 is 2.50 bits per heavy atom. The molecule has 0 aromatic carbocycles. The molecule has 4 fully saturated rings. The van der Waals surface area contributed by atoms with Gasteiger partial charge in [-0.25, -0.2) is 0 Å².